The molecule has 0 radical (unpaired) electrons. The molecule has 1 aromatic heterocycles. The number of aliphatic hydroxyl groups is 1. The number of piperazine rings is 1. The molecule has 1 unspecified atom stereocenters. The van der Waals surface area contributed by atoms with Gasteiger partial charge in [0.05, 0.1) is 0 Å². The molecule has 0 spiro atoms. The average molecular weight is 328 g/mol. The second kappa shape index (κ2) is 7.99. The van der Waals surface area contributed by atoms with Gasteiger partial charge >= 0.3 is 0 Å². The number of anilines is 2. The molecular weight excluding hydrogens is 304 g/mol. The molecule has 0 aliphatic carbocycles. The van der Waals surface area contributed by atoms with Gasteiger partial charge in [0.15, 0.2) is 0 Å². The van der Waals surface area contributed by atoms with Gasteiger partial charge in [-0.25, -0.2) is 4.98 Å². The number of hydrogen-bond acceptors (Lipinski definition) is 6. The van der Waals surface area contributed by atoms with Gasteiger partial charge in [0.2, 0.25) is 0 Å². The fraction of sp³-hybridized carbons (Fsp3) is 0.389. The first-order valence-corrected chi connectivity index (χ1v) is 8.25. The monoisotopic (exact) mass is 328 g/mol. The number of aromatic nitrogens is 1. The molecular formula is C18H24N4O2. The Bertz CT molecular complexity index is 613. The lowest BCUT2D eigenvalue weighted by molar-refractivity contribution is 0.0663. The number of rotatable bonds is 6. The molecule has 3 rings (SSSR count). The van der Waals surface area contributed by atoms with E-state index in [2.05, 4.69) is 14.8 Å². The van der Waals surface area contributed by atoms with Gasteiger partial charge in [-0.15, -0.1) is 0 Å². The Kier molecular flexibility index (Phi) is 5.51. The van der Waals surface area contributed by atoms with E-state index in [9.17, 15) is 5.11 Å². The van der Waals surface area contributed by atoms with E-state index in [0.29, 0.717) is 12.2 Å². The van der Waals surface area contributed by atoms with E-state index >= 15 is 0 Å². The van der Waals surface area contributed by atoms with E-state index in [-0.39, 0.29) is 6.61 Å². The Labute approximate surface area is 142 Å². The summed E-state index contributed by atoms with van der Waals surface area (Å²) < 4.78 is 5.60. The van der Waals surface area contributed by atoms with Crippen LogP contribution in [0.2, 0.25) is 0 Å². The first-order valence-electron chi connectivity index (χ1n) is 8.25. The summed E-state index contributed by atoms with van der Waals surface area (Å²) in [6.45, 7) is 4.56. The van der Waals surface area contributed by atoms with Crippen molar-refractivity contribution in [1.82, 2.24) is 9.88 Å². The predicted molar refractivity (Wildman–Crippen MR) is 95.2 cm³/mol. The van der Waals surface area contributed by atoms with Crippen molar-refractivity contribution < 1.29 is 9.84 Å². The maximum absolute atomic E-state index is 10.2. The van der Waals surface area contributed by atoms with E-state index in [1.807, 2.05) is 36.5 Å². The van der Waals surface area contributed by atoms with Gasteiger partial charge in [-0.05, 0) is 36.4 Å². The van der Waals surface area contributed by atoms with E-state index in [0.717, 1.165) is 37.7 Å². The van der Waals surface area contributed by atoms with Crippen molar-refractivity contribution in [2.24, 2.45) is 0 Å². The summed E-state index contributed by atoms with van der Waals surface area (Å²) in [7, 11) is 0. The lowest BCUT2D eigenvalue weighted by Crippen LogP contribution is -2.49. The molecule has 2 aromatic rings. The van der Waals surface area contributed by atoms with Crippen molar-refractivity contribution in [2.75, 3.05) is 50.0 Å². The topological polar surface area (TPSA) is 74.9 Å². The van der Waals surface area contributed by atoms with Crippen LogP contribution in [0.5, 0.6) is 5.75 Å². The molecule has 24 heavy (non-hydrogen) atoms. The normalized spacial score (nSPS) is 16.8. The van der Waals surface area contributed by atoms with Crippen LogP contribution >= 0.6 is 0 Å². The SMILES string of the molecule is Nc1ccc(OCC(O)CN2CCN(c3ccccn3)CC2)cc1. The van der Waals surface area contributed by atoms with Crippen LogP contribution in [0.15, 0.2) is 48.7 Å². The van der Waals surface area contributed by atoms with Gasteiger partial charge < -0.3 is 20.5 Å². The van der Waals surface area contributed by atoms with E-state index in [4.69, 9.17) is 10.5 Å². The Balaban J connectivity index is 1.40. The van der Waals surface area contributed by atoms with Crippen LogP contribution in [0.3, 0.4) is 0 Å². The summed E-state index contributed by atoms with van der Waals surface area (Å²) in [4.78, 5) is 8.92. The van der Waals surface area contributed by atoms with Crippen molar-refractivity contribution in [3.8, 4) is 5.75 Å². The largest absolute Gasteiger partial charge is 0.491 e. The summed E-state index contributed by atoms with van der Waals surface area (Å²) in [6, 6.07) is 13.2. The molecule has 1 aliphatic rings. The Morgan fingerprint density at radius 2 is 1.83 bits per heavy atom. The standard InChI is InChI=1S/C18H24N4O2/c19-15-4-6-17(7-5-15)24-14-16(23)13-21-9-11-22(12-10-21)18-3-1-2-8-20-18/h1-8,16,23H,9-14,19H2. The predicted octanol–water partition coefficient (Wildman–Crippen LogP) is 1.23. The van der Waals surface area contributed by atoms with Crippen LogP contribution in [-0.2, 0) is 0 Å². The maximum atomic E-state index is 10.2. The third-order valence-electron chi connectivity index (χ3n) is 4.14. The van der Waals surface area contributed by atoms with Crippen molar-refractivity contribution in [3.05, 3.63) is 48.7 Å². The van der Waals surface area contributed by atoms with Crippen molar-refractivity contribution in [1.29, 1.82) is 0 Å². The number of pyridine rings is 1. The molecule has 128 valence electrons. The van der Waals surface area contributed by atoms with Crippen molar-refractivity contribution >= 4 is 11.5 Å². The van der Waals surface area contributed by atoms with Gasteiger partial charge in [0.1, 0.15) is 24.3 Å². The first-order chi connectivity index (χ1) is 11.7. The summed E-state index contributed by atoms with van der Waals surface area (Å²) in [5.41, 5.74) is 6.34. The zero-order valence-electron chi connectivity index (χ0n) is 13.7. The van der Waals surface area contributed by atoms with Crippen molar-refractivity contribution in [3.63, 3.8) is 0 Å². The van der Waals surface area contributed by atoms with Crippen LogP contribution < -0.4 is 15.4 Å². The van der Waals surface area contributed by atoms with E-state index in [1.165, 1.54) is 0 Å². The van der Waals surface area contributed by atoms with Crippen LogP contribution in [0.1, 0.15) is 0 Å². The van der Waals surface area contributed by atoms with Gasteiger partial charge in [-0.1, -0.05) is 6.07 Å². The molecule has 0 saturated carbocycles. The molecule has 3 N–H and O–H groups in total. The summed E-state index contributed by atoms with van der Waals surface area (Å²) >= 11 is 0. The van der Waals surface area contributed by atoms with Crippen LogP contribution in [0.25, 0.3) is 0 Å². The Morgan fingerprint density at radius 3 is 2.50 bits per heavy atom. The Hall–Kier alpha value is -2.31. The van der Waals surface area contributed by atoms with Gasteiger partial charge in [0, 0.05) is 44.6 Å². The molecule has 0 amide bonds. The molecule has 1 atom stereocenters. The minimum atomic E-state index is -0.510. The number of nitrogens with two attached hydrogens (primary N) is 1. The van der Waals surface area contributed by atoms with Gasteiger partial charge in [0.25, 0.3) is 0 Å². The highest BCUT2D eigenvalue weighted by atomic mass is 16.5. The fourth-order valence-corrected chi connectivity index (χ4v) is 2.81. The number of aliphatic hydroxyl groups excluding tert-OH is 1. The molecule has 6 heteroatoms. The summed E-state index contributed by atoms with van der Waals surface area (Å²) in [6.07, 6.45) is 1.31. The van der Waals surface area contributed by atoms with Crippen LogP contribution in [0.4, 0.5) is 11.5 Å². The molecule has 0 bridgehead atoms. The molecule has 1 aromatic carbocycles. The zero-order valence-corrected chi connectivity index (χ0v) is 13.7. The minimum absolute atomic E-state index is 0.282. The summed E-state index contributed by atoms with van der Waals surface area (Å²) in [5, 5.41) is 10.2. The number of benzene rings is 1. The molecule has 1 aliphatic heterocycles. The van der Waals surface area contributed by atoms with E-state index < -0.39 is 6.10 Å². The lowest BCUT2D eigenvalue weighted by Gasteiger charge is -2.36. The highest BCUT2D eigenvalue weighted by molar-refractivity contribution is 5.41. The molecule has 1 fully saturated rings. The Morgan fingerprint density at radius 1 is 1.08 bits per heavy atom. The number of nitrogens with zero attached hydrogens (tertiary/aromatic N) is 3. The van der Waals surface area contributed by atoms with E-state index in [1.54, 1.807) is 12.1 Å². The zero-order chi connectivity index (χ0) is 16.8. The average Bonchev–Trinajstić information content (AvgIpc) is 2.63. The summed E-state index contributed by atoms with van der Waals surface area (Å²) in [5.74, 6) is 1.74. The number of ether oxygens (including phenoxy) is 1. The number of β-amino-alcohol motifs (C(OH)–C–C–N with tert-alkyl or cyclic N) is 1. The molecule has 2 heterocycles. The highest BCUT2D eigenvalue weighted by Gasteiger charge is 2.20. The third kappa shape index (κ3) is 4.59. The second-order valence-electron chi connectivity index (χ2n) is 6.01. The van der Waals surface area contributed by atoms with Crippen LogP contribution in [-0.4, -0.2) is 60.4 Å². The quantitative estimate of drug-likeness (QED) is 0.777. The smallest absolute Gasteiger partial charge is 0.128 e. The molecule has 1 saturated heterocycles. The first kappa shape index (κ1) is 16.5. The highest BCUT2D eigenvalue weighted by Crippen LogP contribution is 2.14. The van der Waals surface area contributed by atoms with Crippen LogP contribution in [0, 0.1) is 0 Å². The van der Waals surface area contributed by atoms with Gasteiger partial charge in [-0.3, -0.25) is 4.90 Å². The fourth-order valence-electron chi connectivity index (χ4n) is 2.81. The number of hydrogen-bond donors (Lipinski definition) is 2. The second-order valence-corrected chi connectivity index (χ2v) is 6.01. The number of nitrogen functional groups attached to an aromatic ring is 1. The third-order valence-corrected chi connectivity index (χ3v) is 4.14. The maximum Gasteiger partial charge on any atom is 0.128 e. The van der Waals surface area contributed by atoms with Crippen molar-refractivity contribution in [2.45, 2.75) is 6.10 Å². The molecule has 6 nitrogen and oxygen atoms in total. The lowest BCUT2D eigenvalue weighted by atomic mass is 10.2. The minimum Gasteiger partial charge on any atom is -0.491 e. The van der Waals surface area contributed by atoms with Gasteiger partial charge in [-0.2, -0.15) is 0 Å².